The largest absolute Gasteiger partial charge is 0.467 e. The summed E-state index contributed by atoms with van der Waals surface area (Å²) in [4.78, 5) is 0. The Balaban J connectivity index is 1.79. The predicted octanol–water partition coefficient (Wildman–Crippen LogP) is -5.56. The molecule has 0 radical (unpaired) electrons. The molecule has 3 rings (SSSR count). The average molecular weight is 608 g/mol. The lowest BCUT2D eigenvalue weighted by Crippen LogP contribution is -2.69. The van der Waals surface area contributed by atoms with E-state index in [0.717, 1.165) is 0 Å². The highest BCUT2D eigenvalue weighted by Gasteiger charge is 2.51. The van der Waals surface area contributed by atoms with Crippen LogP contribution in [0.4, 0.5) is 0 Å². The first kappa shape index (κ1) is 35.4. The lowest BCUT2D eigenvalue weighted by molar-refractivity contribution is -0.304. The Bertz CT molecular complexity index is 844. The van der Waals surface area contributed by atoms with Crippen LogP contribution in [-0.2, 0) is 18.9 Å². The van der Waals surface area contributed by atoms with E-state index in [9.17, 15) is 25.5 Å². The van der Waals surface area contributed by atoms with E-state index in [-0.39, 0.29) is 45.2 Å². The molecule has 246 valence electrons. The van der Waals surface area contributed by atoms with Crippen molar-refractivity contribution < 1.29 is 44.5 Å². The van der Waals surface area contributed by atoms with Crippen molar-refractivity contribution in [3.63, 3.8) is 0 Å². The molecule has 2 heterocycles. The summed E-state index contributed by atoms with van der Waals surface area (Å²) < 4.78 is 24.2. The summed E-state index contributed by atoms with van der Waals surface area (Å²) in [6.45, 7) is 2.30. The van der Waals surface area contributed by atoms with Crippen molar-refractivity contribution >= 4 is 0 Å². The van der Waals surface area contributed by atoms with Crippen molar-refractivity contribution in [3.05, 3.63) is 11.8 Å². The summed E-state index contributed by atoms with van der Waals surface area (Å²) in [5, 5.41) is 62.8. The molecule has 1 aliphatic carbocycles. The molecule has 0 aromatic carbocycles. The lowest BCUT2D eigenvalue weighted by Gasteiger charge is -2.49. The maximum absolute atomic E-state index is 11.6. The summed E-state index contributed by atoms with van der Waals surface area (Å²) in [7, 11) is 1.61. The molecule has 3 unspecified atom stereocenters. The van der Waals surface area contributed by atoms with Gasteiger partial charge in [-0.2, -0.15) is 0 Å². The molecule has 3 aliphatic rings. The molecule has 2 fully saturated rings. The lowest BCUT2D eigenvalue weighted by atomic mass is 9.83. The predicted molar refractivity (Wildman–Crippen MR) is 153 cm³/mol. The van der Waals surface area contributed by atoms with Gasteiger partial charge in [0.2, 0.25) is 6.29 Å². The molecule has 1 saturated carbocycles. The molecule has 0 bridgehead atoms. The third kappa shape index (κ3) is 8.99. The van der Waals surface area contributed by atoms with Crippen LogP contribution in [0, 0.1) is 0 Å². The van der Waals surface area contributed by atoms with E-state index in [1.54, 1.807) is 7.05 Å². The molecule has 0 amide bonds. The van der Waals surface area contributed by atoms with Gasteiger partial charge in [-0.25, -0.2) is 0 Å². The van der Waals surface area contributed by atoms with Crippen LogP contribution < -0.4 is 38.9 Å². The molecule has 0 aromatic heterocycles. The van der Waals surface area contributed by atoms with Crippen LogP contribution in [0.3, 0.4) is 0 Å². The zero-order valence-corrected chi connectivity index (χ0v) is 24.5. The van der Waals surface area contributed by atoms with E-state index in [4.69, 9.17) is 41.9 Å². The molecule has 0 aromatic rings. The molecule has 16 N–H and O–H groups in total. The second-order valence-electron chi connectivity index (χ2n) is 11.6. The van der Waals surface area contributed by atoms with Crippen LogP contribution in [0.1, 0.15) is 26.2 Å². The van der Waals surface area contributed by atoms with Crippen molar-refractivity contribution in [1.82, 2.24) is 16.0 Å². The Hall–Kier alpha value is -1.06. The summed E-state index contributed by atoms with van der Waals surface area (Å²) in [6, 6.07) is -2.41. The van der Waals surface area contributed by atoms with Crippen molar-refractivity contribution in [3.8, 4) is 0 Å². The minimum absolute atomic E-state index is 0.0271. The molecule has 13 atom stereocenters. The van der Waals surface area contributed by atoms with E-state index in [1.165, 1.54) is 6.92 Å². The summed E-state index contributed by atoms with van der Waals surface area (Å²) in [6.07, 6.45) is -5.15. The van der Waals surface area contributed by atoms with Crippen LogP contribution in [0.2, 0.25) is 0 Å². The normalized spacial score (nSPS) is 40.7. The van der Waals surface area contributed by atoms with Gasteiger partial charge in [0, 0.05) is 31.7 Å². The number of nitrogens with one attached hydrogen (secondary N) is 3. The van der Waals surface area contributed by atoms with Gasteiger partial charge in [-0.05, 0) is 45.9 Å². The fourth-order valence-electron chi connectivity index (χ4n) is 5.71. The van der Waals surface area contributed by atoms with Gasteiger partial charge >= 0.3 is 0 Å². The Morgan fingerprint density at radius 2 is 1.69 bits per heavy atom. The van der Waals surface area contributed by atoms with Gasteiger partial charge in [0.05, 0.1) is 37.4 Å². The van der Waals surface area contributed by atoms with Gasteiger partial charge in [0.1, 0.15) is 35.8 Å². The van der Waals surface area contributed by atoms with E-state index < -0.39 is 72.9 Å². The Morgan fingerprint density at radius 3 is 2.33 bits per heavy atom. The minimum atomic E-state index is -1.36. The molecule has 16 nitrogen and oxygen atoms in total. The van der Waals surface area contributed by atoms with E-state index in [2.05, 4.69) is 16.0 Å². The second-order valence-corrected chi connectivity index (χ2v) is 11.6. The van der Waals surface area contributed by atoms with E-state index >= 15 is 0 Å². The molecule has 0 spiro atoms. The first-order valence-electron chi connectivity index (χ1n) is 14.7. The Labute approximate surface area is 247 Å². The summed E-state index contributed by atoms with van der Waals surface area (Å²) in [5.41, 5.74) is 22.1. The zero-order valence-electron chi connectivity index (χ0n) is 24.5. The maximum atomic E-state index is 11.6. The number of hydrogen-bond acceptors (Lipinski definition) is 16. The van der Waals surface area contributed by atoms with Gasteiger partial charge in [-0.3, -0.25) is 0 Å². The highest BCUT2D eigenvalue weighted by molar-refractivity contribution is 5.05. The topological polar surface area (TPSA) is 278 Å². The van der Waals surface area contributed by atoms with Gasteiger partial charge in [0.15, 0.2) is 6.29 Å². The second kappa shape index (κ2) is 16.3. The fraction of sp³-hybridized carbons (Fsp3) is 0.923. The number of aliphatic hydroxyl groups is 5. The Morgan fingerprint density at radius 1 is 1.02 bits per heavy atom. The summed E-state index contributed by atoms with van der Waals surface area (Å²) in [5.74, 6) is 0.520. The van der Waals surface area contributed by atoms with Crippen molar-refractivity contribution in [2.75, 3.05) is 46.4 Å². The van der Waals surface area contributed by atoms with Crippen molar-refractivity contribution in [2.45, 2.75) is 105 Å². The number of hydrogen-bond donors (Lipinski definition) is 12. The zero-order chi connectivity index (χ0) is 31.0. The van der Waals surface area contributed by atoms with Gasteiger partial charge in [-0.15, -0.1) is 0 Å². The van der Waals surface area contributed by atoms with Gasteiger partial charge < -0.3 is 83.4 Å². The number of nitrogens with two attached hydrogens (primary N) is 4. The third-order valence-corrected chi connectivity index (χ3v) is 8.14. The number of aliphatic hydroxyl groups excluding tert-OH is 4. The molecule has 1 saturated heterocycles. The molecule has 42 heavy (non-hydrogen) atoms. The monoisotopic (exact) mass is 607 g/mol. The van der Waals surface area contributed by atoms with E-state index in [1.807, 2.05) is 6.08 Å². The molecular weight excluding hydrogens is 554 g/mol. The van der Waals surface area contributed by atoms with E-state index in [0.29, 0.717) is 25.1 Å². The third-order valence-electron chi connectivity index (χ3n) is 8.14. The highest BCUT2D eigenvalue weighted by Crippen LogP contribution is 2.32. The molecule has 2 aliphatic heterocycles. The number of rotatable bonds is 15. The average Bonchev–Trinajstić information content (AvgIpc) is 2.96. The fourth-order valence-corrected chi connectivity index (χ4v) is 5.71. The minimum Gasteiger partial charge on any atom is -0.467 e. The van der Waals surface area contributed by atoms with Crippen LogP contribution in [0.5, 0.6) is 0 Å². The first-order valence-corrected chi connectivity index (χ1v) is 14.7. The maximum Gasteiger partial charge on any atom is 0.215 e. The first-order chi connectivity index (χ1) is 19.9. The van der Waals surface area contributed by atoms with Crippen LogP contribution in [0.25, 0.3) is 0 Å². The number of ether oxygens (including phenoxy) is 4. The van der Waals surface area contributed by atoms with Crippen LogP contribution in [0.15, 0.2) is 11.8 Å². The van der Waals surface area contributed by atoms with Crippen LogP contribution >= 0.6 is 0 Å². The van der Waals surface area contributed by atoms with Crippen molar-refractivity contribution in [1.29, 1.82) is 0 Å². The molecular formula is C26H53N7O9. The quantitative estimate of drug-likeness (QED) is 0.0826. The summed E-state index contributed by atoms with van der Waals surface area (Å²) >= 11 is 0. The number of likely N-dealkylation sites (N-methyl/N-ethyl adjacent to an activating group) is 1. The van der Waals surface area contributed by atoms with Crippen LogP contribution in [-0.4, -0.2) is 151 Å². The smallest absolute Gasteiger partial charge is 0.215 e. The standard InChI is InChI=1S/C26H53N7O9/c1-26(38)12-39-25(20(37)23(26)31-2)42-22-18(33-11-14(35)8-28)7-16(30)21(19(22)36)41-24-17(4-3-15(9-29)40-24)32-10-13(34)5-6-27/h3,13-14,16-25,31-38H,4-12,27-30H2,1-2H3/t13?,14?,16-,17+,18+,19-,20+,21?,22-,23+,24+,25+,26-/m0/s1. The SMILES string of the molecule is CN[C@@H]1[C@@H](O)[C@@H](O[C@H]2[C@H](NCC(O)CN)C[C@H](N)C(O[C@H]3OC(CN)=CC[C@H]3NCC(O)CCN)[C@@H]2O)OC[C@]1(C)O. The van der Waals surface area contributed by atoms with Gasteiger partial charge in [-0.1, -0.05) is 0 Å². The van der Waals surface area contributed by atoms with Crippen molar-refractivity contribution in [2.24, 2.45) is 22.9 Å². The highest BCUT2D eigenvalue weighted by atomic mass is 16.7. The Kier molecular flexibility index (Phi) is 13.8. The van der Waals surface area contributed by atoms with Gasteiger partial charge in [0.25, 0.3) is 0 Å². The molecule has 16 heteroatoms.